The van der Waals surface area contributed by atoms with Crippen LogP contribution in [0.5, 0.6) is 0 Å². The maximum atomic E-state index is 5.27. The van der Waals surface area contributed by atoms with Crippen LogP contribution in [-0.4, -0.2) is 19.1 Å². The van der Waals surface area contributed by atoms with Gasteiger partial charge in [-0.25, -0.2) is 0 Å². The van der Waals surface area contributed by atoms with Crippen molar-refractivity contribution < 1.29 is 0 Å². The van der Waals surface area contributed by atoms with Gasteiger partial charge in [0.2, 0.25) is 0 Å². The summed E-state index contributed by atoms with van der Waals surface area (Å²) in [6.07, 6.45) is 0. The fourth-order valence-electron chi connectivity index (χ4n) is 0.653. The Hall–Kier alpha value is -0.700. The van der Waals surface area contributed by atoms with Gasteiger partial charge in [-0.05, 0) is 0 Å². The van der Waals surface area contributed by atoms with Crippen LogP contribution in [0.25, 0.3) is 0 Å². The summed E-state index contributed by atoms with van der Waals surface area (Å²) in [6, 6.07) is 0.521. The third kappa shape index (κ3) is 1.13. The molecule has 0 saturated carbocycles. The first-order chi connectivity index (χ1) is 3.79. The molecule has 3 heteroatoms. The van der Waals surface area contributed by atoms with E-state index in [4.69, 9.17) is 5.73 Å². The molecule has 8 heavy (non-hydrogen) atoms. The van der Waals surface area contributed by atoms with E-state index in [0.717, 1.165) is 13.1 Å². The second-order valence-electron chi connectivity index (χ2n) is 2.02. The van der Waals surface area contributed by atoms with Gasteiger partial charge in [-0.1, -0.05) is 6.58 Å². The Bertz CT molecular complexity index is 95.8. The zero-order valence-corrected chi connectivity index (χ0v) is 4.78. The summed E-state index contributed by atoms with van der Waals surface area (Å²) in [5.41, 5.74) is 5.27. The lowest BCUT2D eigenvalue weighted by atomic mass is 10.2. The minimum Gasteiger partial charge on any atom is -0.386 e. The van der Waals surface area contributed by atoms with E-state index in [1.165, 1.54) is 0 Å². The first-order valence-electron chi connectivity index (χ1n) is 2.70. The second kappa shape index (κ2) is 2.05. The van der Waals surface area contributed by atoms with Gasteiger partial charge < -0.3 is 16.4 Å². The summed E-state index contributed by atoms with van der Waals surface area (Å²) >= 11 is 0. The number of nitrogens with one attached hydrogen (secondary N) is 2. The number of hydrogen-bond donors (Lipinski definition) is 3. The van der Waals surface area contributed by atoms with Crippen LogP contribution in [0, 0.1) is 0 Å². The van der Waals surface area contributed by atoms with Crippen molar-refractivity contribution in [3.63, 3.8) is 0 Å². The molecule has 1 heterocycles. The van der Waals surface area contributed by atoms with Crippen molar-refractivity contribution in [1.29, 1.82) is 0 Å². The summed E-state index contributed by atoms with van der Waals surface area (Å²) in [4.78, 5) is 0. The van der Waals surface area contributed by atoms with E-state index in [1.807, 2.05) is 0 Å². The van der Waals surface area contributed by atoms with Gasteiger partial charge in [0.1, 0.15) is 0 Å². The second-order valence-corrected chi connectivity index (χ2v) is 2.02. The Morgan fingerprint density at radius 3 is 2.50 bits per heavy atom. The van der Waals surface area contributed by atoms with Gasteiger partial charge in [-0.3, -0.25) is 0 Å². The third-order valence-electron chi connectivity index (χ3n) is 1.17. The van der Waals surface area contributed by atoms with Gasteiger partial charge >= 0.3 is 0 Å². The Morgan fingerprint density at radius 1 is 1.75 bits per heavy atom. The van der Waals surface area contributed by atoms with E-state index in [2.05, 4.69) is 17.2 Å². The van der Waals surface area contributed by atoms with Crippen molar-refractivity contribution in [2.75, 3.05) is 13.1 Å². The molecule has 0 spiro atoms. The van der Waals surface area contributed by atoms with Crippen molar-refractivity contribution in [2.24, 2.45) is 5.73 Å². The molecular weight excluding hydrogens is 102 g/mol. The summed E-state index contributed by atoms with van der Waals surface area (Å²) in [5, 5.41) is 6.11. The van der Waals surface area contributed by atoms with E-state index >= 15 is 0 Å². The maximum absolute atomic E-state index is 5.27. The van der Waals surface area contributed by atoms with Crippen LogP contribution >= 0.6 is 0 Å². The molecule has 0 aliphatic carbocycles. The van der Waals surface area contributed by atoms with Crippen molar-refractivity contribution in [2.45, 2.75) is 6.04 Å². The van der Waals surface area contributed by atoms with Crippen LogP contribution in [0.4, 0.5) is 0 Å². The molecule has 1 rings (SSSR count). The highest BCUT2D eigenvalue weighted by Gasteiger charge is 2.14. The van der Waals surface area contributed by atoms with Crippen molar-refractivity contribution in [3.8, 4) is 0 Å². The lowest BCUT2D eigenvalue weighted by Gasteiger charge is -2.28. The van der Waals surface area contributed by atoms with E-state index in [9.17, 15) is 0 Å². The van der Waals surface area contributed by atoms with Crippen LogP contribution < -0.4 is 16.4 Å². The normalized spacial score (nSPS) is 19.5. The number of nitrogens with two attached hydrogens (primary N) is 1. The summed E-state index contributed by atoms with van der Waals surface area (Å²) in [7, 11) is 0. The van der Waals surface area contributed by atoms with Crippen molar-refractivity contribution in [1.82, 2.24) is 10.6 Å². The smallest absolute Gasteiger partial charge is 0.0888 e. The van der Waals surface area contributed by atoms with E-state index in [0.29, 0.717) is 11.9 Å². The van der Waals surface area contributed by atoms with E-state index < -0.39 is 0 Å². The predicted octanol–water partition coefficient (Wildman–Crippen LogP) is -1.02. The summed E-state index contributed by atoms with van der Waals surface area (Å²) in [6.45, 7) is 5.54. The van der Waals surface area contributed by atoms with Crippen molar-refractivity contribution in [3.05, 3.63) is 12.4 Å². The molecular formula is C5H11N3. The SMILES string of the molecule is C=C(N)NC1CNC1. The molecule has 4 N–H and O–H groups in total. The van der Waals surface area contributed by atoms with Crippen LogP contribution in [0.1, 0.15) is 0 Å². The van der Waals surface area contributed by atoms with Crippen molar-refractivity contribution >= 4 is 0 Å². The first-order valence-corrected chi connectivity index (χ1v) is 2.70. The fraction of sp³-hybridized carbons (Fsp3) is 0.600. The molecule has 3 nitrogen and oxygen atoms in total. The molecule has 46 valence electrons. The van der Waals surface area contributed by atoms with Crippen LogP contribution in [0.3, 0.4) is 0 Å². The standard InChI is InChI=1S/C5H11N3/c1-4(6)8-5-2-7-3-5/h5,7-8H,1-3,6H2. The molecule has 0 radical (unpaired) electrons. The highest BCUT2D eigenvalue weighted by atomic mass is 15.1. The molecule has 0 aromatic rings. The van der Waals surface area contributed by atoms with Gasteiger partial charge in [0.15, 0.2) is 0 Å². The quantitative estimate of drug-likeness (QED) is 0.429. The van der Waals surface area contributed by atoms with Gasteiger partial charge in [-0.2, -0.15) is 0 Å². The van der Waals surface area contributed by atoms with Crippen LogP contribution in [0.15, 0.2) is 12.4 Å². The Labute approximate surface area is 48.9 Å². The zero-order valence-electron chi connectivity index (χ0n) is 4.78. The van der Waals surface area contributed by atoms with Gasteiger partial charge in [0.05, 0.1) is 11.9 Å². The monoisotopic (exact) mass is 113 g/mol. The highest BCUT2D eigenvalue weighted by molar-refractivity contribution is 4.92. The molecule has 0 aromatic heterocycles. The van der Waals surface area contributed by atoms with Gasteiger partial charge in [0.25, 0.3) is 0 Å². The number of hydrogen-bond acceptors (Lipinski definition) is 3. The lowest BCUT2D eigenvalue weighted by molar-refractivity contribution is 0.391. The molecule has 0 bridgehead atoms. The van der Waals surface area contributed by atoms with Crippen LogP contribution in [-0.2, 0) is 0 Å². The molecule has 0 aromatic carbocycles. The van der Waals surface area contributed by atoms with E-state index in [1.54, 1.807) is 0 Å². The fourth-order valence-corrected chi connectivity index (χ4v) is 0.653. The molecule has 0 atom stereocenters. The average Bonchev–Trinajstić information content (AvgIpc) is 1.55. The van der Waals surface area contributed by atoms with Gasteiger partial charge in [0, 0.05) is 13.1 Å². The first kappa shape index (κ1) is 5.44. The summed E-state index contributed by atoms with van der Waals surface area (Å²) < 4.78 is 0. The minimum absolute atomic E-state index is 0.521. The molecule has 1 fully saturated rings. The molecule has 1 aliphatic heterocycles. The Kier molecular flexibility index (Phi) is 1.39. The Morgan fingerprint density at radius 2 is 2.38 bits per heavy atom. The largest absolute Gasteiger partial charge is 0.386 e. The van der Waals surface area contributed by atoms with Gasteiger partial charge in [-0.15, -0.1) is 0 Å². The molecule has 1 saturated heterocycles. The highest BCUT2D eigenvalue weighted by Crippen LogP contribution is 1.90. The minimum atomic E-state index is 0.521. The molecule has 1 aliphatic rings. The van der Waals surface area contributed by atoms with Crippen LogP contribution in [0.2, 0.25) is 0 Å². The zero-order chi connectivity index (χ0) is 5.98. The number of rotatable bonds is 2. The third-order valence-corrected chi connectivity index (χ3v) is 1.17. The Balaban J connectivity index is 2.09. The maximum Gasteiger partial charge on any atom is 0.0888 e. The molecule has 0 amide bonds. The lowest BCUT2D eigenvalue weighted by Crippen LogP contribution is -2.55. The average molecular weight is 113 g/mol. The predicted molar refractivity (Wildman–Crippen MR) is 33.1 cm³/mol. The summed E-state index contributed by atoms with van der Waals surface area (Å²) in [5.74, 6) is 0.566. The van der Waals surface area contributed by atoms with E-state index in [-0.39, 0.29) is 0 Å². The topological polar surface area (TPSA) is 50.1 Å². The molecule has 0 unspecified atom stereocenters.